The van der Waals surface area contributed by atoms with Crippen LogP contribution < -0.4 is 10.6 Å². The summed E-state index contributed by atoms with van der Waals surface area (Å²) in [4.78, 5) is 16.5. The van der Waals surface area contributed by atoms with E-state index < -0.39 is 0 Å². The van der Waals surface area contributed by atoms with Crippen LogP contribution in [-0.2, 0) is 0 Å². The van der Waals surface area contributed by atoms with Crippen molar-refractivity contribution in [3.05, 3.63) is 64.6 Å². The van der Waals surface area contributed by atoms with Crippen molar-refractivity contribution in [2.75, 3.05) is 10.6 Å². The van der Waals surface area contributed by atoms with Crippen molar-refractivity contribution in [1.29, 1.82) is 0 Å². The Hall–Kier alpha value is -2.86. The van der Waals surface area contributed by atoms with Gasteiger partial charge in [0.05, 0.1) is 11.9 Å². The first-order valence-electron chi connectivity index (χ1n) is 7.25. The molecule has 24 heavy (non-hydrogen) atoms. The number of benzene rings is 1. The van der Waals surface area contributed by atoms with Gasteiger partial charge in [-0.05, 0) is 43.7 Å². The number of nitrogens with zero attached hydrogens (tertiary/aromatic N) is 2. The topological polar surface area (TPSA) is 80.0 Å². The van der Waals surface area contributed by atoms with Crippen LogP contribution in [0.3, 0.4) is 0 Å². The Morgan fingerprint density at radius 3 is 2.67 bits per heavy atom. The van der Waals surface area contributed by atoms with Crippen molar-refractivity contribution in [1.82, 2.24) is 10.1 Å². The fourth-order valence-corrected chi connectivity index (χ4v) is 2.26. The lowest BCUT2D eigenvalue weighted by Gasteiger charge is -2.09. The highest BCUT2D eigenvalue weighted by atomic mass is 35.5. The molecule has 2 aromatic heterocycles. The Bertz CT molecular complexity index is 875. The number of anilines is 3. The van der Waals surface area contributed by atoms with Gasteiger partial charge in [0.25, 0.3) is 5.91 Å². The molecular weight excluding hydrogens is 328 g/mol. The van der Waals surface area contributed by atoms with E-state index in [1.165, 1.54) is 0 Å². The third-order valence-electron chi connectivity index (χ3n) is 3.34. The minimum absolute atomic E-state index is 0.302. The van der Waals surface area contributed by atoms with Crippen LogP contribution in [0.2, 0.25) is 5.02 Å². The number of rotatable bonds is 4. The first kappa shape index (κ1) is 16.0. The lowest BCUT2D eigenvalue weighted by molar-refractivity contribution is 0.102. The zero-order valence-corrected chi connectivity index (χ0v) is 13.9. The van der Waals surface area contributed by atoms with E-state index in [1.54, 1.807) is 36.5 Å². The Balaban J connectivity index is 1.70. The maximum absolute atomic E-state index is 12.3. The van der Waals surface area contributed by atoms with Gasteiger partial charge in [-0.2, -0.15) is 0 Å². The molecule has 1 aromatic carbocycles. The molecule has 0 bridgehead atoms. The molecule has 0 saturated carbocycles. The maximum atomic E-state index is 12.3. The molecule has 0 aliphatic rings. The molecule has 0 aliphatic carbocycles. The molecule has 0 fully saturated rings. The second-order valence-corrected chi connectivity index (χ2v) is 5.73. The standard InChI is InChI=1S/C17H15ClN4O2/c1-10-3-4-12(18)8-15(10)21-17(23)14-6-5-13(9-19-14)20-16-7-11(2)24-22-16/h3-9H,1-2H3,(H,20,22)(H,21,23). The number of aryl methyl sites for hydroxylation is 2. The molecule has 0 spiro atoms. The number of carbonyl (C=O) groups excluding carboxylic acids is 1. The van der Waals surface area contributed by atoms with E-state index in [-0.39, 0.29) is 5.91 Å². The zero-order valence-electron chi connectivity index (χ0n) is 13.1. The molecule has 0 unspecified atom stereocenters. The normalized spacial score (nSPS) is 10.5. The second kappa shape index (κ2) is 6.72. The van der Waals surface area contributed by atoms with Crippen molar-refractivity contribution in [2.24, 2.45) is 0 Å². The molecule has 1 amide bonds. The van der Waals surface area contributed by atoms with Crippen LogP contribution in [0.4, 0.5) is 17.2 Å². The fraction of sp³-hybridized carbons (Fsp3) is 0.118. The van der Waals surface area contributed by atoms with Crippen molar-refractivity contribution in [3.63, 3.8) is 0 Å². The number of nitrogens with one attached hydrogen (secondary N) is 2. The molecule has 2 N–H and O–H groups in total. The SMILES string of the molecule is Cc1cc(Nc2ccc(C(=O)Nc3cc(Cl)ccc3C)nc2)no1. The van der Waals surface area contributed by atoms with Crippen molar-refractivity contribution in [3.8, 4) is 0 Å². The second-order valence-electron chi connectivity index (χ2n) is 5.29. The van der Waals surface area contributed by atoms with Crippen LogP contribution in [0.5, 0.6) is 0 Å². The highest BCUT2D eigenvalue weighted by Crippen LogP contribution is 2.21. The molecule has 3 rings (SSSR count). The summed E-state index contributed by atoms with van der Waals surface area (Å²) in [6.07, 6.45) is 1.56. The molecule has 3 aromatic rings. The molecule has 122 valence electrons. The minimum atomic E-state index is -0.302. The number of halogens is 1. The number of aromatic nitrogens is 2. The molecule has 0 atom stereocenters. The average Bonchev–Trinajstić information content (AvgIpc) is 2.96. The highest BCUT2D eigenvalue weighted by Gasteiger charge is 2.10. The van der Waals surface area contributed by atoms with Crippen molar-refractivity contribution >= 4 is 34.7 Å². The van der Waals surface area contributed by atoms with Gasteiger partial charge in [0.2, 0.25) is 0 Å². The van der Waals surface area contributed by atoms with Crippen molar-refractivity contribution < 1.29 is 9.32 Å². The molecule has 7 heteroatoms. The number of pyridine rings is 1. The lowest BCUT2D eigenvalue weighted by atomic mass is 10.2. The van der Waals surface area contributed by atoms with Crippen LogP contribution in [-0.4, -0.2) is 16.0 Å². The summed E-state index contributed by atoms with van der Waals surface area (Å²) in [5.74, 6) is 0.989. The summed E-state index contributed by atoms with van der Waals surface area (Å²) in [7, 11) is 0. The summed E-state index contributed by atoms with van der Waals surface area (Å²) in [5.41, 5.74) is 2.59. The summed E-state index contributed by atoms with van der Waals surface area (Å²) < 4.78 is 4.98. The predicted molar refractivity (Wildman–Crippen MR) is 92.9 cm³/mol. The highest BCUT2D eigenvalue weighted by molar-refractivity contribution is 6.31. The number of hydrogen-bond acceptors (Lipinski definition) is 5. The van der Waals surface area contributed by atoms with Gasteiger partial charge in [-0.3, -0.25) is 4.79 Å². The monoisotopic (exact) mass is 342 g/mol. The Morgan fingerprint density at radius 2 is 2.00 bits per heavy atom. The van der Waals surface area contributed by atoms with Gasteiger partial charge >= 0.3 is 0 Å². The van der Waals surface area contributed by atoms with Gasteiger partial charge in [-0.15, -0.1) is 0 Å². The van der Waals surface area contributed by atoms with Crippen LogP contribution in [0.25, 0.3) is 0 Å². The molecule has 0 radical (unpaired) electrons. The van der Waals surface area contributed by atoms with E-state index in [9.17, 15) is 4.79 Å². The Morgan fingerprint density at radius 1 is 1.17 bits per heavy atom. The Kier molecular flexibility index (Phi) is 4.48. The maximum Gasteiger partial charge on any atom is 0.274 e. The van der Waals surface area contributed by atoms with E-state index in [0.29, 0.717) is 33.7 Å². The molecular formula is C17H15ClN4O2. The summed E-state index contributed by atoms with van der Waals surface area (Å²) >= 11 is 5.96. The molecule has 6 nitrogen and oxygen atoms in total. The van der Waals surface area contributed by atoms with Crippen LogP contribution >= 0.6 is 11.6 Å². The largest absolute Gasteiger partial charge is 0.360 e. The van der Waals surface area contributed by atoms with E-state index in [0.717, 1.165) is 5.56 Å². The van der Waals surface area contributed by atoms with E-state index in [1.807, 2.05) is 19.9 Å². The van der Waals surface area contributed by atoms with Crippen LogP contribution in [0.1, 0.15) is 21.8 Å². The Labute approximate surface area is 143 Å². The average molecular weight is 343 g/mol. The van der Waals surface area contributed by atoms with Gasteiger partial charge in [0, 0.05) is 16.8 Å². The van der Waals surface area contributed by atoms with Gasteiger partial charge in [0.15, 0.2) is 5.82 Å². The smallest absolute Gasteiger partial charge is 0.274 e. The number of carbonyl (C=O) groups is 1. The first-order chi connectivity index (χ1) is 11.5. The van der Waals surface area contributed by atoms with E-state index >= 15 is 0 Å². The van der Waals surface area contributed by atoms with E-state index in [2.05, 4.69) is 20.8 Å². The fourth-order valence-electron chi connectivity index (χ4n) is 2.09. The minimum Gasteiger partial charge on any atom is -0.360 e. The quantitative estimate of drug-likeness (QED) is 0.737. The summed E-state index contributed by atoms with van der Waals surface area (Å²) in [5, 5.41) is 10.2. The molecule has 0 aliphatic heterocycles. The first-order valence-corrected chi connectivity index (χ1v) is 7.63. The van der Waals surface area contributed by atoms with Gasteiger partial charge in [0.1, 0.15) is 11.5 Å². The third kappa shape index (κ3) is 3.72. The van der Waals surface area contributed by atoms with Crippen LogP contribution in [0.15, 0.2) is 47.1 Å². The zero-order chi connectivity index (χ0) is 17.1. The van der Waals surface area contributed by atoms with Gasteiger partial charge < -0.3 is 15.2 Å². The van der Waals surface area contributed by atoms with Crippen LogP contribution in [0, 0.1) is 13.8 Å². The van der Waals surface area contributed by atoms with E-state index in [4.69, 9.17) is 16.1 Å². The number of hydrogen-bond donors (Lipinski definition) is 2. The summed E-state index contributed by atoms with van der Waals surface area (Å²) in [6.45, 7) is 3.70. The predicted octanol–water partition coefficient (Wildman–Crippen LogP) is 4.34. The van der Waals surface area contributed by atoms with Gasteiger partial charge in [-0.25, -0.2) is 4.98 Å². The third-order valence-corrected chi connectivity index (χ3v) is 3.58. The van der Waals surface area contributed by atoms with Crippen molar-refractivity contribution in [2.45, 2.75) is 13.8 Å². The molecule has 0 saturated heterocycles. The summed E-state index contributed by atoms with van der Waals surface area (Å²) in [6, 6.07) is 10.5. The molecule has 2 heterocycles. The number of amides is 1. The lowest BCUT2D eigenvalue weighted by Crippen LogP contribution is -2.14. The van der Waals surface area contributed by atoms with Gasteiger partial charge in [-0.1, -0.05) is 22.8 Å².